The summed E-state index contributed by atoms with van der Waals surface area (Å²) in [6.07, 6.45) is 7.60. The van der Waals surface area contributed by atoms with Gasteiger partial charge in [0.1, 0.15) is 11.4 Å². The van der Waals surface area contributed by atoms with Gasteiger partial charge in [0.25, 0.3) is 5.91 Å². The van der Waals surface area contributed by atoms with Gasteiger partial charge < -0.3 is 10.2 Å². The first-order chi connectivity index (χ1) is 26.0. The SMILES string of the molecule is Cc1cc2nn(C3CCC(CN4CCC(c5cccc6c(N7CCC(=O)NC7=O)cncc56)CC4)CC3)cc2cc1NC(=O)c1cccc(C(F)(F)F)n1. The lowest BCUT2D eigenvalue weighted by Crippen LogP contribution is -2.49. The molecule has 2 aliphatic heterocycles. The third-order valence-electron chi connectivity index (χ3n) is 11.3. The number of carbonyl (C=O) groups is 3. The van der Waals surface area contributed by atoms with Crippen molar-refractivity contribution in [3.05, 3.63) is 89.6 Å². The summed E-state index contributed by atoms with van der Waals surface area (Å²) in [6, 6.07) is 13.1. The summed E-state index contributed by atoms with van der Waals surface area (Å²) in [5, 5.41) is 12.9. The van der Waals surface area contributed by atoms with Crippen molar-refractivity contribution >= 4 is 50.9 Å². The van der Waals surface area contributed by atoms with Crippen LogP contribution < -0.4 is 15.5 Å². The molecule has 54 heavy (non-hydrogen) atoms. The number of likely N-dealkylation sites (tertiary alicyclic amines) is 1. The number of pyridine rings is 2. The van der Waals surface area contributed by atoms with Crippen LogP contribution in [0.2, 0.25) is 0 Å². The van der Waals surface area contributed by atoms with Crippen LogP contribution in [0.25, 0.3) is 21.7 Å². The maximum atomic E-state index is 13.1. The van der Waals surface area contributed by atoms with Gasteiger partial charge in [0, 0.05) is 53.8 Å². The van der Waals surface area contributed by atoms with Gasteiger partial charge >= 0.3 is 12.2 Å². The number of urea groups is 1. The van der Waals surface area contributed by atoms with Gasteiger partial charge in [0.15, 0.2) is 0 Å². The summed E-state index contributed by atoms with van der Waals surface area (Å²) in [7, 11) is 0. The zero-order valence-electron chi connectivity index (χ0n) is 29.9. The van der Waals surface area contributed by atoms with Gasteiger partial charge in [0.2, 0.25) is 5.91 Å². The van der Waals surface area contributed by atoms with E-state index in [1.54, 1.807) is 11.1 Å². The van der Waals surface area contributed by atoms with E-state index in [9.17, 15) is 27.6 Å². The highest BCUT2D eigenvalue weighted by Gasteiger charge is 2.33. The van der Waals surface area contributed by atoms with Crippen LogP contribution >= 0.6 is 0 Å². The van der Waals surface area contributed by atoms with Crippen molar-refractivity contribution in [1.82, 2.24) is 30.0 Å². The normalized spacial score (nSPS) is 20.4. The summed E-state index contributed by atoms with van der Waals surface area (Å²) < 4.78 is 41.4. The van der Waals surface area contributed by atoms with Gasteiger partial charge in [-0.1, -0.05) is 24.3 Å². The molecule has 14 heteroatoms. The Balaban J connectivity index is 0.857. The van der Waals surface area contributed by atoms with Crippen LogP contribution in [0.15, 0.2) is 67.1 Å². The zero-order chi connectivity index (χ0) is 37.6. The number of alkyl halides is 3. The van der Waals surface area contributed by atoms with E-state index in [0.29, 0.717) is 24.1 Å². The molecule has 0 atom stereocenters. The van der Waals surface area contributed by atoms with Crippen molar-refractivity contribution in [3.8, 4) is 0 Å². The fourth-order valence-corrected chi connectivity index (χ4v) is 8.37. The average Bonchev–Trinajstić information content (AvgIpc) is 3.57. The highest BCUT2D eigenvalue weighted by atomic mass is 19.4. The Morgan fingerprint density at radius 1 is 0.944 bits per heavy atom. The van der Waals surface area contributed by atoms with Crippen LogP contribution in [0, 0.1) is 12.8 Å². The Morgan fingerprint density at radius 3 is 2.48 bits per heavy atom. The molecule has 11 nitrogen and oxygen atoms in total. The standard InChI is InChI=1S/C40H41F3N8O3/c1-24-18-34-27(19-33(24)46-38(53)32-6-3-7-36(45-32)40(41,42)43)23-51(48-34)28-10-8-25(9-11-28)22-49-15-12-26(13-16-49)29-4-2-5-30-31(29)20-44-21-35(30)50-17-14-37(52)47-39(50)54/h2-7,18-21,23,25-26,28H,8-17,22H2,1H3,(H,46,53)(H,47,52,54). The van der Waals surface area contributed by atoms with Gasteiger partial charge in [-0.05, 0) is 106 Å². The first kappa shape index (κ1) is 35.6. The molecule has 0 bridgehead atoms. The summed E-state index contributed by atoms with van der Waals surface area (Å²) in [5.74, 6) is 0.0543. The van der Waals surface area contributed by atoms with E-state index in [1.165, 1.54) is 17.7 Å². The Morgan fingerprint density at radius 2 is 1.72 bits per heavy atom. The number of amides is 4. The lowest BCUT2D eigenvalue weighted by molar-refractivity contribution is -0.141. The number of rotatable bonds is 7. The van der Waals surface area contributed by atoms with E-state index >= 15 is 0 Å². The summed E-state index contributed by atoms with van der Waals surface area (Å²) in [5.41, 5.74) is 2.65. The lowest BCUT2D eigenvalue weighted by atomic mass is 9.84. The molecule has 0 spiro atoms. The number of imide groups is 1. The minimum atomic E-state index is -4.64. The molecular weight excluding hydrogens is 697 g/mol. The Labute approximate surface area is 309 Å². The molecule has 0 unspecified atom stereocenters. The number of piperidine rings is 1. The van der Waals surface area contributed by atoms with Gasteiger partial charge in [-0.3, -0.25) is 29.5 Å². The number of aromatic nitrogens is 4. The molecule has 2 aromatic carbocycles. The molecule has 3 fully saturated rings. The van der Waals surface area contributed by atoms with Crippen molar-refractivity contribution in [2.45, 2.75) is 70.0 Å². The average molecular weight is 739 g/mol. The summed E-state index contributed by atoms with van der Waals surface area (Å²) >= 11 is 0. The molecule has 280 valence electrons. The van der Waals surface area contributed by atoms with E-state index in [4.69, 9.17) is 5.10 Å². The molecule has 2 saturated heterocycles. The maximum absolute atomic E-state index is 13.1. The van der Waals surface area contributed by atoms with Crippen molar-refractivity contribution in [2.24, 2.45) is 5.92 Å². The van der Waals surface area contributed by atoms with Crippen LogP contribution in [0.5, 0.6) is 0 Å². The molecule has 5 heterocycles. The largest absolute Gasteiger partial charge is 0.433 e. The van der Waals surface area contributed by atoms with E-state index in [-0.39, 0.29) is 24.1 Å². The summed E-state index contributed by atoms with van der Waals surface area (Å²) in [4.78, 5) is 49.4. The van der Waals surface area contributed by atoms with Crippen LogP contribution in [0.4, 0.5) is 29.3 Å². The molecule has 3 aliphatic rings. The highest BCUT2D eigenvalue weighted by molar-refractivity contribution is 6.10. The van der Waals surface area contributed by atoms with Crippen molar-refractivity contribution in [2.75, 3.05) is 36.4 Å². The third-order valence-corrected chi connectivity index (χ3v) is 11.3. The highest BCUT2D eigenvalue weighted by Crippen LogP contribution is 2.38. The number of fused-ring (bicyclic) bond motifs is 2. The smallest absolute Gasteiger partial charge is 0.320 e. The van der Waals surface area contributed by atoms with E-state index in [1.807, 2.05) is 42.2 Å². The molecular formula is C40H41F3N8O3. The number of hydrogen-bond donors (Lipinski definition) is 2. The van der Waals surface area contributed by atoms with Crippen molar-refractivity contribution < 1.29 is 27.6 Å². The number of aryl methyl sites for hydroxylation is 1. The number of benzene rings is 2. The maximum Gasteiger partial charge on any atom is 0.433 e. The molecule has 5 aromatic rings. The van der Waals surface area contributed by atoms with Gasteiger partial charge in [0.05, 0.1) is 23.4 Å². The molecule has 2 N–H and O–H groups in total. The minimum absolute atomic E-state index is 0.256. The van der Waals surface area contributed by atoms with E-state index in [0.717, 1.165) is 97.2 Å². The van der Waals surface area contributed by atoms with Crippen LogP contribution in [0.1, 0.15) is 84.2 Å². The Hall–Kier alpha value is -5.37. The Kier molecular flexibility index (Phi) is 9.55. The van der Waals surface area contributed by atoms with E-state index in [2.05, 4.69) is 37.6 Å². The van der Waals surface area contributed by atoms with Crippen LogP contribution in [0.3, 0.4) is 0 Å². The number of nitrogens with zero attached hydrogens (tertiary/aromatic N) is 6. The Bertz CT molecular complexity index is 2240. The molecule has 3 aromatic heterocycles. The second kappa shape index (κ2) is 14.5. The van der Waals surface area contributed by atoms with Gasteiger partial charge in [-0.25, -0.2) is 9.78 Å². The number of hydrogen-bond acceptors (Lipinski definition) is 7. The van der Waals surface area contributed by atoms with Crippen molar-refractivity contribution in [1.29, 1.82) is 0 Å². The lowest BCUT2D eigenvalue weighted by Gasteiger charge is -2.37. The van der Waals surface area contributed by atoms with Gasteiger partial charge in [-0.15, -0.1) is 0 Å². The second-order valence-electron chi connectivity index (χ2n) is 14.8. The molecule has 8 rings (SSSR count). The van der Waals surface area contributed by atoms with Crippen LogP contribution in [-0.2, 0) is 11.0 Å². The first-order valence-corrected chi connectivity index (χ1v) is 18.6. The molecule has 0 radical (unpaired) electrons. The fraction of sp³-hybridized carbons (Fsp3) is 0.400. The first-order valence-electron chi connectivity index (χ1n) is 18.6. The van der Waals surface area contributed by atoms with Crippen LogP contribution in [-0.4, -0.2) is 68.7 Å². The number of carbonyl (C=O) groups excluding carboxylic acids is 3. The second-order valence-corrected chi connectivity index (χ2v) is 14.8. The topological polar surface area (TPSA) is 125 Å². The quantitative estimate of drug-likeness (QED) is 0.176. The fourth-order valence-electron chi connectivity index (χ4n) is 8.37. The number of anilines is 2. The number of halogens is 3. The number of nitrogens with one attached hydrogen (secondary N) is 2. The molecule has 1 aliphatic carbocycles. The molecule has 1 saturated carbocycles. The minimum Gasteiger partial charge on any atom is -0.320 e. The monoisotopic (exact) mass is 738 g/mol. The zero-order valence-corrected chi connectivity index (χ0v) is 29.9. The van der Waals surface area contributed by atoms with Gasteiger partial charge in [-0.2, -0.15) is 18.3 Å². The third kappa shape index (κ3) is 7.26. The summed E-state index contributed by atoms with van der Waals surface area (Å²) in [6.45, 7) is 5.30. The predicted molar refractivity (Wildman–Crippen MR) is 198 cm³/mol. The van der Waals surface area contributed by atoms with E-state index < -0.39 is 23.8 Å². The predicted octanol–water partition coefficient (Wildman–Crippen LogP) is 7.62. The molecule has 4 amide bonds. The van der Waals surface area contributed by atoms with Crippen molar-refractivity contribution in [3.63, 3.8) is 0 Å².